The Labute approximate surface area is 139 Å². The second kappa shape index (κ2) is 7.65. The first-order valence-electron chi connectivity index (χ1n) is 8.74. The molecule has 0 aromatic rings. The van der Waals surface area contributed by atoms with E-state index < -0.39 is 0 Å². The highest BCUT2D eigenvalue weighted by atomic mass is 16.5. The van der Waals surface area contributed by atoms with Crippen LogP contribution in [0.3, 0.4) is 0 Å². The van der Waals surface area contributed by atoms with Crippen LogP contribution in [0.4, 0.5) is 0 Å². The molecule has 2 aliphatic rings. The molecule has 0 amide bonds. The van der Waals surface area contributed by atoms with Crippen molar-refractivity contribution in [1.29, 1.82) is 0 Å². The molecule has 4 unspecified atom stereocenters. The van der Waals surface area contributed by atoms with E-state index in [4.69, 9.17) is 9.47 Å². The van der Waals surface area contributed by atoms with E-state index in [1.165, 1.54) is 14.0 Å². The molecule has 2 aliphatic carbocycles. The monoisotopic (exact) mass is 326 g/mol. The van der Waals surface area contributed by atoms with Gasteiger partial charge in [-0.2, -0.15) is 0 Å². The maximum absolute atomic E-state index is 11.4. The van der Waals surface area contributed by atoms with Gasteiger partial charge in [0, 0.05) is 12.8 Å². The van der Waals surface area contributed by atoms with Crippen molar-refractivity contribution in [3.63, 3.8) is 0 Å². The first-order chi connectivity index (χ1) is 10.9. The Morgan fingerprint density at radius 1 is 1.26 bits per heavy atom. The van der Waals surface area contributed by atoms with Gasteiger partial charge in [0.1, 0.15) is 6.10 Å². The van der Waals surface area contributed by atoms with Crippen molar-refractivity contribution >= 4 is 11.9 Å². The fourth-order valence-corrected chi connectivity index (χ4v) is 4.83. The van der Waals surface area contributed by atoms with Gasteiger partial charge in [-0.05, 0) is 50.4 Å². The lowest BCUT2D eigenvalue weighted by Gasteiger charge is -2.45. The molecule has 132 valence electrons. The Bertz CT molecular complexity index is 435. The van der Waals surface area contributed by atoms with Gasteiger partial charge in [0.15, 0.2) is 0 Å². The Morgan fingerprint density at radius 3 is 2.65 bits per heavy atom. The average Bonchev–Trinajstić information content (AvgIpc) is 2.84. The number of rotatable bonds is 6. The third kappa shape index (κ3) is 4.06. The minimum Gasteiger partial charge on any atom is -0.469 e. The van der Waals surface area contributed by atoms with Gasteiger partial charge in [0.2, 0.25) is 0 Å². The highest BCUT2D eigenvalue weighted by molar-refractivity contribution is 5.69. The number of methoxy groups -OCH3 is 1. The van der Waals surface area contributed by atoms with Crippen LogP contribution < -0.4 is 0 Å². The molecule has 0 spiro atoms. The summed E-state index contributed by atoms with van der Waals surface area (Å²) in [7, 11) is 1.39. The summed E-state index contributed by atoms with van der Waals surface area (Å²) in [6.45, 7) is 6.32. The van der Waals surface area contributed by atoms with Crippen LogP contribution in [-0.4, -0.2) is 37.9 Å². The van der Waals surface area contributed by atoms with E-state index in [0.29, 0.717) is 24.9 Å². The third-order valence-electron chi connectivity index (χ3n) is 5.93. The standard InChI is InChI=1S/C18H30O5/c1-12(22-11-9-17(20)21-4)14-7-8-15-16(23-13(2)19)6-5-10-18(14,15)3/h12,14-16H,5-11H2,1-4H3/t12-,14?,15?,16?,18?/m1/s1. The molecule has 5 atom stereocenters. The molecular formula is C18H30O5. The molecule has 2 rings (SSSR count). The molecule has 0 N–H and O–H groups in total. The van der Waals surface area contributed by atoms with Crippen molar-refractivity contribution in [2.45, 2.75) is 71.5 Å². The summed E-state index contributed by atoms with van der Waals surface area (Å²) in [4.78, 5) is 22.6. The van der Waals surface area contributed by atoms with Crippen LogP contribution in [0.2, 0.25) is 0 Å². The molecule has 0 saturated heterocycles. The van der Waals surface area contributed by atoms with Gasteiger partial charge in [0.25, 0.3) is 0 Å². The lowest BCUT2D eigenvalue weighted by molar-refractivity contribution is -0.156. The number of hydrogen-bond acceptors (Lipinski definition) is 5. The Hall–Kier alpha value is -1.10. The average molecular weight is 326 g/mol. The molecule has 0 aromatic carbocycles. The van der Waals surface area contributed by atoms with E-state index in [1.807, 2.05) is 0 Å². The van der Waals surface area contributed by atoms with Gasteiger partial charge < -0.3 is 14.2 Å². The van der Waals surface area contributed by atoms with Crippen molar-refractivity contribution in [1.82, 2.24) is 0 Å². The van der Waals surface area contributed by atoms with Gasteiger partial charge in [-0.3, -0.25) is 9.59 Å². The third-order valence-corrected chi connectivity index (χ3v) is 5.93. The van der Waals surface area contributed by atoms with Crippen molar-refractivity contribution in [2.75, 3.05) is 13.7 Å². The quantitative estimate of drug-likeness (QED) is 0.702. The molecule has 5 nitrogen and oxygen atoms in total. The molecule has 5 heteroatoms. The van der Waals surface area contributed by atoms with Crippen LogP contribution in [-0.2, 0) is 23.8 Å². The number of hydrogen-bond donors (Lipinski definition) is 0. The maximum Gasteiger partial charge on any atom is 0.307 e. The SMILES string of the molecule is COC(=O)CCO[C@H](C)C1CCC2C(OC(C)=O)CCCC21C. The summed E-state index contributed by atoms with van der Waals surface area (Å²) < 4.78 is 16.2. The fraction of sp³-hybridized carbons (Fsp3) is 0.889. The highest BCUT2D eigenvalue weighted by Gasteiger charge is 2.53. The summed E-state index contributed by atoms with van der Waals surface area (Å²) in [5.74, 6) is 0.464. The molecule has 0 radical (unpaired) electrons. The van der Waals surface area contributed by atoms with Crippen LogP contribution in [0.25, 0.3) is 0 Å². The molecule has 23 heavy (non-hydrogen) atoms. The second-order valence-corrected chi connectivity index (χ2v) is 7.24. The second-order valence-electron chi connectivity index (χ2n) is 7.24. The minimum atomic E-state index is -0.236. The number of carbonyl (C=O) groups excluding carboxylic acids is 2. The number of carbonyl (C=O) groups is 2. The highest BCUT2D eigenvalue weighted by Crippen LogP contribution is 2.57. The van der Waals surface area contributed by atoms with Crippen LogP contribution in [0.1, 0.15) is 59.3 Å². The number of fused-ring (bicyclic) bond motifs is 1. The van der Waals surface area contributed by atoms with Gasteiger partial charge in [-0.1, -0.05) is 6.92 Å². The molecule has 0 heterocycles. The van der Waals surface area contributed by atoms with Gasteiger partial charge in [0.05, 0.1) is 26.2 Å². The minimum absolute atomic E-state index is 0.0542. The zero-order valence-electron chi connectivity index (χ0n) is 14.8. The van der Waals surface area contributed by atoms with Gasteiger partial charge >= 0.3 is 11.9 Å². The van der Waals surface area contributed by atoms with E-state index in [0.717, 1.165) is 32.1 Å². The topological polar surface area (TPSA) is 61.8 Å². The van der Waals surface area contributed by atoms with E-state index in [2.05, 4.69) is 18.6 Å². The van der Waals surface area contributed by atoms with Crippen LogP contribution in [0.15, 0.2) is 0 Å². The molecule has 2 saturated carbocycles. The van der Waals surface area contributed by atoms with E-state index >= 15 is 0 Å². The Kier molecular flexibility index (Phi) is 6.06. The zero-order chi connectivity index (χ0) is 17.0. The maximum atomic E-state index is 11.4. The zero-order valence-corrected chi connectivity index (χ0v) is 14.8. The largest absolute Gasteiger partial charge is 0.469 e. The Morgan fingerprint density at radius 2 is 2.00 bits per heavy atom. The van der Waals surface area contributed by atoms with Crippen molar-refractivity contribution < 1.29 is 23.8 Å². The summed E-state index contributed by atoms with van der Waals surface area (Å²) in [6.07, 6.45) is 5.86. The van der Waals surface area contributed by atoms with Crippen LogP contribution >= 0.6 is 0 Å². The fourth-order valence-electron chi connectivity index (χ4n) is 4.83. The summed E-state index contributed by atoms with van der Waals surface area (Å²) >= 11 is 0. The number of ether oxygens (including phenoxy) is 3. The predicted octanol–water partition coefficient (Wildman–Crippen LogP) is 3.10. The lowest BCUT2D eigenvalue weighted by Crippen LogP contribution is -2.44. The first-order valence-corrected chi connectivity index (χ1v) is 8.74. The summed E-state index contributed by atoms with van der Waals surface area (Å²) in [5, 5.41) is 0. The van der Waals surface area contributed by atoms with E-state index in [9.17, 15) is 9.59 Å². The number of esters is 2. The van der Waals surface area contributed by atoms with Crippen molar-refractivity contribution in [3.05, 3.63) is 0 Å². The van der Waals surface area contributed by atoms with Crippen molar-refractivity contribution in [3.8, 4) is 0 Å². The predicted molar refractivity (Wildman–Crippen MR) is 85.8 cm³/mol. The van der Waals surface area contributed by atoms with E-state index in [-0.39, 0.29) is 29.6 Å². The van der Waals surface area contributed by atoms with Crippen molar-refractivity contribution in [2.24, 2.45) is 17.3 Å². The molecule has 0 bridgehead atoms. The molecule has 2 fully saturated rings. The smallest absolute Gasteiger partial charge is 0.307 e. The van der Waals surface area contributed by atoms with Gasteiger partial charge in [-0.15, -0.1) is 0 Å². The van der Waals surface area contributed by atoms with Crippen LogP contribution in [0.5, 0.6) is 0 Å². The summed E-state index contributed by atoms with van der Waals surface area (Å²) in [5.41, 5.74) is 0.156. The molecular weight excluding hydrogens is 296 g/mol. The Balaban J connectivity index is 1.96. The summed E-state index contributed by atoms with van der Waals surface area (Å²) in [6, 6.07) is 0. The molecule has 0 aromatic heterocycles. The normalized spacial score (nSPS) is 34.5. The van der Waals surface area contributed by atoms with E-state index in [1.54, 1.807) is 0 Å². The molecule has 0 aliphatic heterocycles. The van der Waals surface area contributed by atoms with Gasteiger partial charge in [-0.25, -0.2) is 0 Å². The van der Waals surface area contributed by atoms with Crippen LogP contribution in [0, 0.1) is 17.3 Å². The first kappa shape index (κ1) is 18.2. The lowest BCUT2D eigenvalue weighted by atomic mass is 9.63.